The van der Waals surface area contributed by atoms with E-state index in [1.807, 2.05) is 6.20 Å². The summed E-state index contributed by atoms with van der Waals surface area (Å²) in [4.78, 5) is 10.8. The molecule has 7 aromatic carbocycles. The maximum atomic E-state index is 12.7. The maximum Gasteiger partial charge on any atom is 0.149 e. The van der Waals surface area contributed by atoms with Gasteiger partial charge in [0.2, 0.25) is 0 Å². The molecule has 4 nitrogen and oxygen atoms in total. The number of hydrogen-bond acceptors (Lipinski definition) is 3. The zero-order valence-corrected chi connectivity index (χ0v) is 43.5. The summed E-state index contributed by atoms with van der Waals surface area (Å²) < 4.78 is 2.33. The number of hydrogen-bond donors (Lipinski definition) is 1. The van der Waals surface area contributed by atoms with Crippen LogP contribution in [-0.2, 0) is 42.7 Å². The quantitative estimate of drug-likeness (QED) is 0.169. The molecule has 0 spiro atoms. The van der Waals surface area contributed by atoms with Gasteiger partial charge in [0, 0.05) is 49.5 Å². The molecule has 9 aromatic rings. The van der Waals surface area contributed by atoms with Crippen molar-refractivity contribution in [1.82, 2.24) is 14.5 Å². The number of allylic oxidation sites excluding steroid dienone is 1. The normalized spacial score (nSPS) is 14.6. The van der Waals surface area contributed by atoms with Gasteiger partial charge in [0.25, 0.3) is 0 Å². The van der Waals surface area contributed by atoms with E-state index in [-0.39, 0.29) is 48.5 Å². The minimum absolute atomic E-state index is 0. The summed E-state index contributed by atoms with van der Waals surface area (Å²) in [6.45, 7) is 22.8. The largest absolute Gasteiger partial charge is 0.507 e. The van der Waals surface area contributed by atoms with Crippen LogP contribution in [0.15, 0.2) is 169 Å². The first-order valence-electron chi connectivity index (χ1n) is 24.0. The van der Waals surface area contributed by atoms with E-state index >= 15 is 0 Å². The summed E-state index contributed by atoms with van der Waals surface area (Å²) >= 11 is 0. The van der Waals surface area contributed by atoms with Crippen LogP contribution in [0.4, 0.5) is 0 Å². The molecule has 69 heavy (non-hydrogen) atoms. The number of phenolic OH excluding ortho intramolecular Hbond substituents is 1. The Hall–Kier alpha value is -6.61. The van der Waals surface area contributed by atoms with E-state index < -0.39 is 0 Å². The number of aromatic nitrogens is 3. The molecule has 5 heteroatoms. The van der Waals surface area contributed by atoms with E-state index in [2.05, 4.69) is 238 Å². The molecular weight excluding hydrogens is 1020 g/mol. The molecule has 0 saturated carbocycles. The second-order valence-electron chi connectivity index (χ2n) is 22.0. The van der Waals surface area contributed by atoms with Crippen LogP contribution in [0.1, 0.15) is 103 Å². The fourth-order valence-electron chi connectivity index (χ4n) is 11.3. The van der Waals surface area contributed by atoms with Gasteiger partial charge in [-0.05, 0) is 91.1 Å². The van der Waals surface area contributed by atoms with Crippen molar-refractivity contribution in [2.24, 2.45) is 0 Å². The van der Waals surface area contributed by atoms with Gasteiger partial charge in [-0.15, -0.1) is 29.3 Å². The van der Waals surface area contributed by atoms with E-state index in [0.717, 1.165) is 89.2 Å². The van der Waals surface area contributed by atoms with Gasteiger partial charge >= 0.3 is 0 Å². The molecule has 2 aliphatic rings. The Morgan fingerprint density at radius 1 is 0.565 bits per heavy atom. The van der Waals surface area contributed by atoms with Gasteiger partial charge in [-0.3, -0.25) is 9.55 Å². The predicted molar refractivity (Wildman–Crippen MR) is 282 cm³/mol. The van der Waals surface area contributed by atoms with Gasteiger partial charge in [0.05, 0.1) is 22.3 Å². The molecular formula is C64H58N3OPt-. The van der Waals surface area contributed by atoms with Gasteiger partial charge in [-0.1, -0.05) is 201 Å². The van der Waals surface area contributed by atoms with Crippen molar-refractivity contribution >= 4 is 16.6 Å². The zero-order chi connectivity index (χ0) is 47.5. The van der Waals surface area contributed by atoms with Crippen molar-refractivity contribution in [2.75, 3.05) is 0 Å². The maximum absolute atomic E-state index is 12.7. The third kappa shape index (κ3) is 7.46. The Morgan fingerprint density at radius 2 is 1.16 bits per heavy atom. The average molecular weight is 1080 g/mol. The molecule has 0 radical (unpaired) electrons. The van der Waals surface area contributed by atoms with Crippen LogP contribution in [0.2, 0.25) is 0 Å². The second kappa shape index (κ2) is 16.5. The number of fused-ring (bicyclic) bond motifs is 6. The zero-order valence-electron chi connectivity index (χ0n) is 41.2. The van der Waals surface area contributed by atoms with Gasteiger partial charge < -0.3 is 5.11 Å². The topological polar surface area (TPSA) is 50.9 Å². The Balaban J connectivity index is 0.00000553. The van der Waals surface area contributed by atoms with Crippen molar-refractivity contribution in [3.05, 3.63) is 209 Å². The first kappa shape index (κ1) is 46.1. The van der Waals surface area contributed by atoms with Crippen molar-refractivity contribution in [3.8, 4) is 67.5 Å². The van der Waals surface area contributed by atoms with Crippen molar-refractivity contribution in [1.29, 1.82) is 0 Å². The third-order valence-electron chi connectivity index (χ3n) is 14.7. The van der Waals surface area contributed by atoms with Crippen LogP contribution in [0, 0.1) is 6.07 Å². The molecule has 2 aromatic heterocycles. The standard InChI is InChI=1S/C64H58N3O.Pt/c1-61(2,3)45-37-48(58(68)51(38-45)62(4,5)6)60-66-57-54(67(60)53-30-27-42(39-20-14-11-15-21-39)34-46(53)41-24-18-13-19-25-41)31-29-50-56(57)55-47-35-44(26-28-49(47)63(7,8)59(55)64(50,9)10)52-36-43(32-33-65-52)40-22-16-12-17-23-40;/h11-34,36-38,68H,1-10H3;/q-1;. The molecule has 0 aliphatic heterocycles. The van der Waals surface area contributed by atoms with E-state index in [1.54, 1.807) is 0 Å². The Labute approximate surface area is 422 Å². The molecule has 0 unspecified atom stereocenters. The van der Waals surface area contributed by atoms with Crippen LogP contribution in [-0.4, -0.2) is 19.6 Å². The monoisotopic (exact) mass is 1080 g/mol. The van der Waals surface area contributed by atoms with Crippen LogP contribution in [0.25, 0.3) is 78.3 Å². The van der Waals surface area contributed by atoms with E-state index in [1.165, 1.54) is 22.3 Å². The second-order valence-corrected chi connectivity index (χ2v) is 22.0. The van der Waals surface area contributed by atoms with Crippen LogP contribution >= 0.6 is 0 Å². The fraction of sp³-hybridized carbons (Fsp3) is 0.219. The van der Waals surface area contributed by atoms with Gasteiger partial charge in [-0.2, -0.15) is 0 Å². The number of rotatable bonds is 6. The molecule has 0 saturated heterocycles. The number of phenols is 1. The van der Waals surface area contributed by atoms with Crippen LogP contribution < -0.4 is 0 Å². The SMILES string of the molecule is CC(C)(C)c1cc(-c2nc3c4c(ccc3n2-c2ccc(-c3ccccc3)cc2-c2ccccc2)C(C)(C)C2=C4c3[c-]c(-c4cc(-c5ccccc5)ccn4)ccc3C2(C)C)c(O)c(C(C)(C)C)c1.[Pt]. The third-order valence-corrected chi connectivity index (χ3v) is 14.7. The molecule has 0 bridgehead atoms. The Kier molecular flexibility index (Phi) is 11.0. The van der Waals surface area contributed by atoms with Crippen molar-refractivity contribution in [2.45, 2.75) is 90.9 Å². The van der Waals surface area contributed by atoms with Crippen LogP contribution in [0.3, 0.4) is 0 Å². The minimum Gasteiger partial charge on any atom is -0.507 e. The molecule has 11 rings (SSSR count). The number of imidazole rings is 1. The average Bonchev–Trinajstić information content (AvgIpc) is 3.92. The van der Waals surface area contributed by atoms with Crippen molar-refractivity contribution in [3.63, 3.8) is 0 Å². The Morgan fingerprint density at radius 3 is 1.78 bits per heavy atom. The number of aromatic hydroxyl groups is 1. The number of benzene rings is 7. The van der Waals surface area contributed by atoms with Crippen molar-refractivity contribution < 1.29 is 26.2 Å². The summed E-state index contributed by atoms with van der Waals surface area (Å²) in [5.41, 5.74) is 20.4. The molecule has 2 aliphatic carbocycles. The summed E-state index contributed by atoms with van der Waals surface area (Å²) in [5, 5.41) is 12.7. The molecule has 0 amide bonds. The molecule has 0 atom stereocenters. The smallest absolute Gasteiger partial charge is 0.149 e. The summed E-state index contributed by atoms with van der Waals surface area (Å²) in [6, 6.07) is 60.3. The number of pyridine rings is 1. The Bertz CT molecular complexity index is 3510. The molecule has 1 N–H and O–H groups in total. The summed E-state index contributed by atoms with van der Waals surface area (Å²) in [7, 11) is 0. The van der Waals surface area contributed by atoms with Gasteiger partial charge in [-0.25, -0.2) is 4.98 Å². The summed E-state index contributed by atoms with van der Waals surface area (Å²) in [5.74, 6) is 0.966. The predicted octanol–water partition coefficient (Wildman–Crippen LogP) is 16.2. The first-order chi connectivity index (χ1) is 32.4. The molecule has 346 valence electrons. The van der Waals surface area contributed by atoms with E-state index in [9.17, 15) is 5.11 Å². The molecule has 0 fully saturated rings. The van der Waals surface area contributed by atoms with Crippen LogP contribution in [0.5, 0.6) is 5.75 Å². The first-order valence-corrected chi connectivity index (χ1v) is 24.0. The van der Waals surface area contributed by atoms with E-state index in [4.69, 9.17) is 9.97 Å². The van der Waals surface area contributed by atoms with E-state index in [0.29, 0.717) is 5.82 Å². The minimum atomic E-state index is -0.337. The van der Waals surface area contributed by atoms with Gasteiger partial charge in [0.15, 0.2) is 0 Å². The molecule has 2 heterocycles. The summed E-state index contributed by atoms with van der Waals surface area (Å²) in [6.07, 6.45) is 1.91. The fourth-order valence-corrected chi connectivity index (χ4v) is 11.3. The van der Waals surface area contributed by atoms with Gasteiger partial charge in [0.1, 0.15) is 11.6 Å². The number of nitrogens with zero attached hydrogens (tertiary/aromatic N) is 3.